The van der Waals surface area contributed by atoms with Crippen molar-refractivity contribution in [3.63, 3.8) is 0 Å². The Hall–Kier alpha value is -0.380. The highest BCUT2D eigenvalue weighted by Gasteiger charge is 2.36. The van der Waals surface area contributed by atoms with Crippen LogP contribution in [0.1, 0.15) is 19.4 Å². The van der Waals surface area contributed by atoms with Crippen LogP contribution in [0.3, 0.4) is 0 Å². The van der Waals surface area contributed by atoms with Gasteiger partial charge in [-0.3, -0.25) is 5.32 Å². The molecule has 0 aromatic heterocycles. The Bertz CT molecular complexity index is 342. The maximum absolute atomic E-state index is 5.87. The molecule has 1 aliphatic rings. The third kappa shape index (κ3) is 1.72. The van der Waals surface area contributed by atoms with E-state index in [-0.39, 0.29) is 11.8 Å². The highest BCUT2D eigenvalue weighted by atomic mass is 79.9. The molecule has 14 heavy (non-hydrogen) atoms. The van der Waals surface area contributed by atoms with E-state index >= 15 is 0 Å². The van der Waals surface area contributed by atoms with Crippen LogP contribution in [0, 0.1) is 0 Å². The number of hydrogen-bond acceptors (Lipinski definition) is 2. The van der Waals surface area contributed by atoms with E-state index in [0.29, 0.717) is 0 Å². The van der Waals surface area contributed by atoms with Crippen molar-refractivity contribution in [1.82, 2.24) is 5.32 Å². The summed E-state index contributed by atoms with van der Waals surface area (Å²) in [6, 6.07) is 8.15. The summed E-state index contributed by atoms with van der Waals surface area (Å²) < 4.78 is 6.96. The molecule has 2 atom stereocenters. The first-order chi connectivity index (χ1) is 6.62. The van der Waals surface area contributed by atoms with Crippen LogP contribution in [0.25, 0.3) is 0 Å². The van der Waals surface area contributed by atoms with Gasteiger partial charge in [0.05, 0.1) is 6.10 Å². The summed E-state index contributed by atoms with van der Waals surface area (Å²) >= 11 is 3.54. The fraction of sp³-hybridized carbons (Fsp3) is 0.455. The molecule has 2 rings (SSSR count). The second-order valence-electron chi connectivity index (χ2n) is 3.82. The zero-order valence-electron chi connectivity index (χ0n) is 8.38. The van der Waals surface area contributed by atoms with E-state index in [4.69, 9.17) is 4.74 Å². The lowest BCUT2D eigenvalue weighted by molar-refractivity contribution is -0.0347. The Morgan fingerprint density at radius 2 is 2.21 bits per heavy atom. The fourth-order valence-corrected chi connectivity index (χ4v) is 2.49. The van der Waals surface area contributed by atoms with Crippen molar-refractivity contribution in [3.05, 3.63) is 34.3 Å². The van der Waals surface area contributed by atoms with Crippen LogP contribution in [0.15, 0.2) is 28.7 Å². The molecule has 0 saturated carbocycles. The van der Waals surface area contributed by atoms with Crippen LogP contribution in [0.4, 0.5) is 0 Å². The number of rotatable bonds is 1. The van der Waals surface area contributed by atoms with Crippen LogP contribution in [0.5, 0.6) is 0 Å². The summed E-state index contributed by atoms with van der Waals surface area (Å²) in [4.78, 5) is 0. The van der Waals surface area contributed by atoms with Crippen molar-refractivity contribution in [2.75, 3.05) is 6.54 Å². The molecule has 0 aliphatic carbocycles. The SMILES string of the molecule is CC1CNC(C)(c2ccccc2Br)O1. The molecule has 76 valence electrons. The Labute approximate surface area is 92.8 Å². The zero-order chi connectivity index (χ0) is 10.2. The van der Waals surface area contributed by atoms with E-state index in [0.717, 1.165) is 16.6 Å². The van der Waals surface area contributed by atoms with Crippen LogP contribution < -0.4 is 5.32 Å². The zero-order valence-corrected chi connectivity index (χ0v) is 9.97. The second-order valence-corrected chi connectivity index (χ2v) is 4.68. The van der Waals surface area contributed by atoms with Crippen molar-refractivity contribution in [2.24, 2.45) is 0 Å². The number of nitrogens with one attached hydrogen (secondary N) is 1. The van der Waals surface area contributed by atoms with Gasteiger partial charge in [0.25, 0.3) is 0 Å². The maximum Gasteiger partial charge on any atom is 0.144 e. The van der Waals surface area contributed by atoms with Crippen molar-refractivity contribution < 1.29 is 4.74 Å². The van der Waals surface area contributed by atoms with Gasteiger partial charge in [-0.25, -0.2) is 0 Å². The molecule has 1 N–H and O–H groups in total. The molecule has 0 bridgehead atoms. The van der Waals surface area contributed by atoms with Crippen LogP contribution in [-0.2, 0) is 10.5 Å². The Morgan fingerprint density at radius 1 is 1.50 bits per heavy atom. The normalized spacial score (nSPS) is 32.1. The van der Waals surface area contributed by atoms with Crippen LogP contribution in [-0.4, -0.2) is 12.6 Å². The molecule has 1 aromatic carbocycles. The van der Waals surface area contributed by atoms with E-state index in [9.17, 15) is 0 Å². The maximum atomic E-state index is 5.87. The Kier molecular flexibility index (Phi) is 2.64. The van der Waals surface area contributed by atoms with Gasteiger partial charge in [0.1, 0.15) is 5.72 Å². The highest BCUT2D eigenvalue weighted by molar-refractivity contribution is 9.10. The molecule has 0 amide bonds. The first-order valence-corrected chi connectivity index (χ1v) is 5.59. The molecular weight excluding hydrogens is 242 g/mol. The Balaban J connectivity index is 2.35. The lowest BCUT2D eigenvalue weighted by Crippen LogP contribution is -2.34. The average Bonchev–Trinajstić information content (AvgIpc) is 2.48. The minimum Gasteiger partial charge on any atom is -0.352 e. The van der Waals surface area contributed by atoms with Gasteiger partial charge >= 0.3 is 0 Å². The topological polar surface area (TPSA) is 21.3 Å². The predicted molar refractivity (Wildman–Crippen MR) is 60.0 cm³/mol. The summed E-state index contributed by atoms with van der Waals surface area (Å²) in [6.07, 6.45) is 0.270. The van der Waals surface area contributed by atoms with E-state index in [1.165, 1.54) is 0 Å². The minimum absolute atomic E-state index is 0.270. The van der Waals surface area contributed by atoms with Crippen molar-refractivity contribution >= 4 is 15.9 Å². The molecule has 0 spiro atoms. The van der Waals surface area contributed by atoms with E-state index in [1.807, 2.05) is 18.2 Å². The predicted octanol–water partition coefficient (Wildman–Crippen LogP) is 2.63. The van der Waals surface area contributed by atoms with Gasteiger partial charge in [-0.05, 0) is 19.9 Å². The minimum atomic E-state index is -0.348. The molecule has 2 unspecified atom stereocenters. The van der Waals surface area contributed by atoms with Gasteiger partial charge in [0.15, 0.2) is 0 Å². The first kappa shape index (κ1) is 10.1. The number of ether oxygens (including phenoxy) is 1. The lowest BCUT2D eigenvalue weighted by Gasteiger charge is -2.25. The second kappa shape index (κ2) is 3.65. The van der Waals surface area contributed by atoms with Gasteiger partial charge in [-0.15, -0.1) is 0 Å². The molecule has 1 aliphatic heterocycles. The van der Waals surface area contributed by atoms with Gasteiger partial charge < -0.3 is 4.74 Å². The molecular formula is C11H14BrNO. The molecule has 1 heterocycles. The standard InChI is InChI=1S/C11H14BrNO/c1-8-7-13-11(2,14-8)9-5-3-4-6-10(9)12/h3-6,8,13H,7H2,1-2H3. The van der Waals surface area contributed by atoms with E-state index in [1.54, 1.807) is 0 Å². The van der Waals surface area contributed by atoms with Crippen LogP contribution in [0.2, 0.25) is 0 Å². The van der Waals surface area contributed by atoms with Gasteiger partial charge in [0.2, 0.25) is 0 Å². The molecule has 2 nitrogen and oxygen atoms in total. The smallest absolute Gasteiger partial charge is 0.144 e. The average molecular weight is 256 g/mol. The Morgan fingerprint density at radius 3 is 2.79 bits per heavy atom. The van der Waals surface area contributed by atoms with Gasteiger partial charge in [0, 0.05) is 16.6 Å². The summed E-state index contributed by atoms with van der Waals surface area (Å²) in [7, 11) is 0. The van der Waals surface area contributed by atoms with Crippen molar-refractivity contribution in [1.29, 1.82) is 0 Å². The summed E-state index contributed by atoms with van der Waals surface area (Å²) in [5, 5.41) is 3.39. The molecule has 1 saturated heterocycles. The van der Waals surface area contributed by atoms with Crippen molar-refractivity contribution in [3.8, 4) is 0 Å². The van der Waals surface area contributed by atoms with Crippen molar-refractivity contribution in [2.45, 2.75) is 25.7 Å². The van der Waals surface area contributed by atoms with Gasteiger partial charge in [-0.2, -0.15) is 0 Å². The fourth-order valence-electron chi connectivity index (χ4n) is 1.83. The lowest BCUT2D eigenvalue weighted by atomic mass is 10.1. The summed E-state index contributed by atoms with van der Waals surface area (Å²) in [5.74, 6) is 0. The molecule has 3 heteroatoms. The largest absolute Gasteiger partial charge is 0.352 e. The van der Waals surface area contributed by atoms with Gasteiger partial charge in [-0.1, -0.05) is 34.1 Å². The number of hydrogen-bond donors (Lipinski definition) is 1. The molecule has 1 fully saturated rings. The first-order valence-electron chi connectivity index (χ1n) is 4.80. The van der Waals surface area contributed by atoms with Crippen LogP contribution >= 0.6 is 15.9 Å². The third-order valence-electron chi connectivity index (χ3n) is 2.55. The van der Waals surface area contributed by atoms with E-state index in [2.05, 4.69) is 41.2 Å². The van der Waals surface area contributed by atoms with E-state index < -0.39 is 0 Å². The highest BCUT2D eigenvalue weighted by Crippen LogP contribution is 2.32. The number of halogens is 1. The number of benzene rings is 1. The third-order valence-corrected chi connectivity index (χ3v) is 3.24. The molecule has 0 radical (unpaired) electrons. The quantitative estimate of drug-likeness (QED) is 0.834. The summed E-state index contributed by atoms with van der Waals surface area (Å²) in [5.41, 5.74) is 0.809. The summed E-state index contributed by atoms with van der Waals surface area (Å²) in [6.45, 7) is 5.05. The monoisotopic (exact) mass is 255 g/mol. The molecule has 1 aromatic rings.